The van der Waals surface area contributed by atoms with Crippen molar-refractivity contribution in [2.75, 3.05) is 37.7 Å². The first kappa shape index (κ1) is 20.5. The number of hydrogen-bond acceptors (Lipinski definition) is 5. The topological polar surface area (TPSA) is 70.6 Å². The number of benzene rings is 2. The van der Waals surface area contributed by atoms with E-state index in [2.05, 4.69) is 10.2 Å². The van der Waals surface area contributed by atoms with Crippen LogP contribution in [0.4, 0.5) is 10.6 Å². The molecular formula is C25H27N5O2. The number of fused-ring (bicyclic) bond motifs is 1. The number of nitrogens with zero attached hydrogens (tertiary/aromatic N) is 4. The van der Waals surface area contributed by atoms with E-state index in [0.29, 0.717) is 39.3 Å². The molecule has 5 rings (SSSR count). The molecule has 0 saturated carbocycles. The molecule has 2 aliphatic rings. The summed E-state index contributed by atoms with van der Waals surface area (Å²) in [6.07, 6.45) is 0.716. The van der Waals surface area contributed by atoms with Crippen molar-refractivity contribution < 1.29 is 9.53 Å². The highest BCUT2D eigenvalue weighted by Gasteiger charge is 2.28. The van der Waals surface area contributed by atoms with Crippen LogP contribution in [0.25, 0.3) is 11.4 Å². The van der Waals surface area contributed by atoms with Crippen molar-refractivity contribution in [3.05, 3.63) is 77.5 Å². The molecule has 0 aliphatic carbocycles. The number of nitrogens with one attached hydrogen (secondary N) is 1. The van der Waals surface area contributed by atoms with Crippen molar-refractivity contribution in [3.63, 3.8) is 0 Å². The van der Waals surface area contributed by atoms with Crippen LogP contribution < -0.4 is 10.2 Å². The van der Waals surface area contributed by atoms with Gasteiger partial charge in [0, 0.05) is 43.7 Å². The molecule has 32 heavy (non-hydrogen) atoms. The Morgan fingerprint density at radius 2 is 1.66 bits per heavy atom. The second kappa shape index (κ2) is 9.36. The van der Waals surface area contributed by atoms with E-state index in [0.717, 1.165) is 47.1 Å². The minimum Gasteiger partial charge on any atom is -0.378 e. The standard InChI is InChI=1S/C25H27N5O2/c31-25(26-17-19-7-3-1-4-8-19)30-12-11-22-21(18-30)24(29-13-15-32-16-14-29)28-23(27-22)20-9-5-2-6-10-20/h1-10H,11-18H2,(H,26,31). The summed E-state index contributed by atoms with van der Waals surface area (Å²) in [5.41, 5.74) is 4.18. The first-order valence-corrected chi connectivity index (χ1v) is 11.1. The lowest BCUT2D eigenvalue weighted by molar-refractivity contribution is 0.122. The van der Waals surface area contributed by atoms with E-state index in [-0.39, 0.29) is 6.03 Å². The zero-order valence-electron chi connectivity index (χ0n) is 18.0. The molecule has 0 radical (unpaired) electrons. The molecule has 0 spiro atoms. The number of urea groups is 1. The van der Waals surface area contributed by atoms with Crippen LogP contribution in [-0.2, 0) is 24.2 Å². The third-order valence-corrected chi connectivity index (χ3v) is 5.95. The number of amides is 2. The molecule has 3 aromatic rings. The van der Waals surface area contributed by atoms with Gasteiger partial charge >= 0.3 is 6.03 Å². The second-order valence-electron chi connectivity index (χ2n) is 8.08. The van der Waals surface area contributed by atoms with Gasteiger partial charge in [-0.3, -0.25) is 0 Å². The summed E-state index contributed by atoms with van der Waals surface area (Å²) in [4.78, 5) is 26.9. The lowest BCUT2D eigenvalue weighted by Gasteiger charge is -2.34. The predicted molar refractivity (Wildman–Crippen MR) is 123 cm³/mol. The fraction of sp³-hybridized carbons (Fsp3) is 0.320. The molecule has 1 aromatic heterocycles. The zero-order valence-corrected chi connectivity index (χ0v) is 18.0. The van der Waals surface area contributed by atoms with Crippen molar-refractivity contribution in [2.45, 2.75) is 19.5 Å². The van der Waals surface area contributed by atoms with E-state index >= 15 is 0 Å². The number of rotatable bonds is 4. The van der Waals surface area contributed by atoms with Crippen LogP contribution in [0.15, 0.2) is 60.7 Å². The summed E-state index contributed by atoms with van der Waals surface area (Å²) >= 11 is 0. The van der Waals surface area contributed by atoms with E-state index < -0.39 is 0 Å². The minimum absolute atomic E-state index is 0.0560. The van der Waals surface area contributed by atoms with Gasteiger partial charge in [-0.2, -0.15) is 0 Å². The van der Waals surface area contributed by atoms with E-state index in [1.807, 2.05) is 65.6 Å². The van der Waals surface area contributed by atoms with Crippen LogP contribution in [0, 0.1) is 0 Å². The number of morpholine rings is 1. The Morgan fingerprint density at radius 1 is 0.938 bits per heavy atom. The minimum atomic E-state index is -0.0560. The Balaban J connectivity index is 1.40. The molecule has 0 unspecified atom stereocenters. The highest BCUT2D eigenvalue weighted by atomic mass is 16.5. The monoisotopic (exact) mass is 429 g/mol. The van der Waals surface area contributed by atoms with Gasteiger partial charge in [0.25, 0.3) is 0 Å². The fourth-order valence-corrected chi connectivity index (χ4v) is 4.21. The smallest absolute Gasteiger partial charge is 0.317 e. The highest BCUT2D eigenvalue weighted by Crippen LogP contribution is 2.30. The van der Waals surface area contributed by atoms with Crippen molar-refractivity contribution in [2.24, 2.45) is 0 Å². The van der Waals surface area contributed by atoms with Gasteiger partial charge in [-0.05, 0) is 5.56 Å². The summed E-state index contributed by atoms with van der Waals surface area (Å²) in [6, 6.07) is 20.0. The zero-order chi connectivity index (χ0) is 21.8. The number of ether oxygens (including phenoxy) is 1. The molecule has 2 amide bonds. The largest absolute Gasteiger partial charge is 0.378 e. The van der Waals surface area contributed by atoms with Gasteiger partial charge < -0.3 is 19.9 Å². The van der Waals surface area contributed by atoms with E-state index in [4.69, 9.17) is 14.7 Å². The van der Waals surface area contributed by atoms with Crippen molar-refractivity contribution in [1.82, 2.24) is 20.2 Å². The van der Waals surface area contributed by atoms with Gasteiger partial charge in [0.2, 0.25) is 0 Å². The van der Waals surface area contributed by atoms with Gasteiger partial charge in [0.15, 0.2) is 5.82 Å². The maximum absolute atomic E-state index is 12.9. The molecule has 164 valence electrons. The van der Waals surface area contributed by atoms with Crippen LogP contribution in [-0.4, -0.2) is 53.7 Å². The Morgan fingerprint density at radius 3 is 2.41 bits per heavy atom. The van der Waals surface area contributed by atoms with E-state index in [1.165, 1.54) is 0 Å². The molecule has 1 saturated heterocycles. The maximum atomic E-state index is 12.9. The average molecular weight is 430 g/mol. The van der Waals surface area contributed by atoms with Crippen LogP contribution in [0.5, 0.6) is 0 Å². The molecule has 1 N–H and O–H groups in total. The van der Waals surface area contributed by atoms with E-state index in [1.54, 1.807) is 0 Å². The Kier molecular flexibility index (Phi) is 5.98. The average Bonchev–Trinajstić information content (AvgIpc) is 2.88. The summed E-state index contributed by atoms with van der Waals surface area (Å²) in [5, 5.41) is 3.05. The summed E-state index contributed by atoms with van der Waals surface area (Å²) in [7, 11) is 0. The van der Waals surface area contributed by atoms with Crippen molar-refractivity contribution >= 4 is 11.8 Å². The molecule has 0 atom stereocenters. The number of aromatic nitrogens is 2. The number of carbonyl (C=O) groups is 1. The number of anilines is 1. The summed E-state index contributed by atoms with van der Waals surface area (Å²) in [5.74, 6) is 1.67. The van der Waals surface area contributed by atoms with Crippen molar-refractivity contribution in [1.29, 1.82) is 0 Å². The van der Waals surface area contributed by atoms with Gasteiger partial charge in [-0.25, -0.2) is 14.8 Å². The molecule has 0 bridgehead atoms. The lowest BCUT2D eigenvalue weighted by atomic mass is 10.0. The van der Waals surface area contributed by atoms with Crippen LogP contribution in [0.3, 0.4) is 0 Å². The Labute approximate surface area is 188 Å². The van der Waals surface area contributed by atoms with Gasteiger partial charge in [0.1, 0.15) is 5.82 Å². The summed E-state index contributed by atoms with van der Waals surface area (Å²) in [6.45, 7) is 4.61. The normalized spacial score (nSPS) is 15.9. The predicted octanol–water partition coefficient (Wildman–Crippen LogP) is 3.25. The third-order valence-electron chi connectivity index (χ3n) is 5.95. The molecule has 7 heteroatoms. The number of carbonyl (C=O) groups excluding carboxylic acids is 1. The first-order chi connectivity index (χ1) is 15.8. The first-order valence-electron chi connectivity index (χ1n) is 11.1. The molecule has 2 aliphatic heterocycles. The van der Waals surface area contributed by atoms with Crippen LogP contribution in [0.2, 0.25) is 0 Å². The highest BCUT2D eigenvalue weighted by molar-refractivity contribution is 5.75. The van der Waals surface area contributed by atoms with Gasteiger partial charge in [0.05, 0.1) is 25.5 Å². The molecule has 2 aromatic carbocycles. The number of hydrogen-bond donors (Lipinski definition) is 1. The van der Waals surface area contributed by atoms with Crippen LogP contribution in [0.1, 0.15) is 16.8 Å². The summed E-state index contributed by atoms with van der Waals surface area (Å²) < 4.78 is 5.55. The second-order valence-corrected chi connectivity index (χ2v) is 8.08. The molecule has 1 fully saturated rings. The van der Waals surface area contributed by atoms with E-state index in [9.17, 15) is 4.79 Å². The molecule has 3 heterocycles. The van der Waals surface area contributed by atoms with Crippen molar-refractivity contribution in [3.8, 4) is 11.4 Å². The molecule has 7 nitrogen and oxygen atoms in total. The Hall–Kier alpha value is -3.45. The van der Waals surface area contributed by atoms with Gasteiger partial charge in [-0.1, -0.05) is 60.7 Å². The van der Waals surface area contributed by atoms with Gasteiger partial charge in [-0.15, -0.1) is 0 Å². The third kappa shape index (κ3) is 4.43. The van der Waals surface area contributed by atoms with Crippen LogP contribution >= 0.6 is 0 Å². The SMILES string of the molecule is O=C(NCc1ccccc1)N1CCc2nc(-c3ccccc3)nc(N3CCOCC3)c2C1. The lowest BCUT2D eigenvalue weighted by Crippen LogP contribution is -2.44. The Bertz CT molecular complexity index is 1070. The quantitative estimate of drug-likeness (QED) is 0.690. The molecular weight excluding hydrogens is 402 g/mol. The fourth-order valence-electron chi connectivity index (χ4n) is 4.21. The maximum Gasteiger partial charge on any atom is 0.317 e.